The van der Waals surface area contributed by atoms with Crippen LogP contribution in [0.25, 0.3) is 11.1 Å². The Bertz CT molecular complexity index is 662. The molecule has 0 saturated heterocycles. The molecule has 0 N–H and O–H groups in total. The third-order valence-corrected chi connectivity index (χ3v) is 3.23. The molecule has 0 aliphatic carbocycles. The topological polar surface area (TPSA) is 17.1 Å². The summed E-state index contributed by atoms with van der Waals surface area (Å²) in [6.07, 6.45) is -4.48. The van der Waals surface area contributed by atoms with Gasteiger partial charge in [-0.3, -0.25) is 4.79 Å². The number of hydrogen-bond acceptors (Lipinski definition) is 1. The molecule has 0 fully saturated rings. The molecule has 5 heteroatoms. The molecule has 0 heterocycles. The first-order valence-corrected chi connectivity index (χ1v) is 6.15. The molecule has 20 heavy (non-hydrogen) atoms. The Kier molecular flexibility index (Phi) is 3.86. The Morgan fingerprint density at radius 2 is 1.70 bits per heavy atom. The monoisotopic (exact) mass is 298 g/mol. The zero-order valence-corrected chi connectivity index (χ0v) is 11.2. The van der Waals surface area contributed by atoms with Crippen molar-refractivity contribution in [1.29, 1.82) is 0 Å². The van der Waals surface area contributed by atoms with E-state index in [-0.39, 0.29) is 21.9 Å². The number of rotatable bonds is 2. The molecule has 0 amide bonds. The predicted octanol–water partition coefficient (Wildman–Crippen LogP) is 5.23. The van der Waals surface area contributed by atoms with Crippen molar-refractivity contribution in [3.05, 3.63) is 58.6 Å². The summed E-state index contributed by atoms with van der Waals surface area (Å²) in [6, 6.07) is 9.46. The molecule has 1 nitrogen and oxygen atoms in total. The van der Waals surface area contributed by atoms with Crippen molar-refractivity contribution in [2.24, 2.45) is 0 Å². The van der Waals surface area contributed by atoms with Gasteiger partial charge < -0.3 is 0 Å². The second kappa shape index (κ2) is 5.29. The van der Waals surface area contributed by atoms with Gasteiger partial charge in [0.25, 0.3) is 0 Å². The first-order valence-electron chi connectivity index (χ1n) is 5.78. The van der Waals surface area contributed by atoms with Gasteiger partial charge in [0.2, 0.25) is 0 Å². The van der Waals surface area contributed by atoms with Crippen LogP contribution in [-0.2, 0) is 6.18 Å². The lowest BCUT2D eigenvalue weighted by Crippen LogP contribution is -2.07. The number of carbonyl (C=O) groups excluding carboxylic acids is 1. The normalized spacial score (nSPS) is 11.4. The highest BCUT2D eigenvalue weighted by Gasteiger charge is 2.33. The lowest BCUT2D eigenvalue weighted by Gasteiger charge is -2.14. The van der Waals surface area contributed by atoms with Crippen molar-refractivity contribution in [2.45, 2.75) is 13.1 Å². The van der Waals surface area contributed by atoms with Crippen molar-refractivity contribution in [3.8, 4) is 11.1 Å². The van der Waals surface area contributed by atoms with Gasteiger partial charge in [-0.2, -0.15) is 13.2 Å². The van der Waals surface area contributed by atoms with Crippen LogP contribution in [0, 0.1) is 0 Å². The van der Waals surface area contributed by atoms with Crippen LogP contribution >= 0.6 is 11.6 Å². The van der Waals surface area contributed by atoms with E-state index in [0.29, 0.717) is 5.56 Å². The highest BCUT2D eigenvalue weighted by atomic mass is 35.5. The molecule has 0 radical (unpaired) electrons. The van der Waals surface area contributed by atoms with Crippen LogP contribution in [0.5, 0.6) is 0 Å². The van der Waals surface area contributed by atoms with E-state index in [1.54, 1.807) is 0 Å². The van der Waals surface area contributed by atoms with Crippen LogP contribution in [0.1, 0.15) is 22.8 Å². The van der Waals surface area contributed by atoms with Crippen molar-refractivity contribution >= 4 is 17.4 Å². The van der Waals surface area contributed by atoms with Crippen molar-refractivity contribution in [3.63, 3.8) is 0 Å². The predicted molar refractivity (Wildman–Crippen MR) is 71.9 cm³/mol. The van der Waals surface area contributed by atoms with Gasteiger partial charge in [0.05, 0.1) is 5.56 Å². The number of ketones is 1. The number of Topliss-reactive ketones (excluding diaryl/α,β-unsaturated/α-hetero) is 1. The first kappa shape index (κ1) is 14.6. The van der Waals surface area contributed by atoms with Crippen LogP contribution in [0.2, 0.25) is 5.02 Å². The van der Waals surface area contributed by atoms with Gasteiger partial charge in [-0.1, -0.05) is 29.8 Å². The molecule has 0 atom stereocenters. The Hall–Kier alpha value is -1.81. The summed E-state index contributed by atoms with van der Waals surface area (Å²) in [5, 5.41) is 0.173. The molecule has 0 saturated carbocycles. The quantitative estimate of drug-likeness (QED) is 0.694. The number of hydrogen-bond donors (Lipinski definition) is 0. The SMILES string of the molecule is CC(=O)c1ccc(Cl)c(-c2ccccc2C(F)(F)F)c1. The highest BCUT2D eigenvalue weighted by Crippen LogP contribution is 2.39. The van der Waals surface area contributed by atoms with Gasteiger partial charge in [-0.05, 0) is 36.8 Å². The second-order valence-corrected chi connectivity index (χ2v) is 4.70. The summed E-state index contributed by atoms with van der Waals surface area (Å²) >= 11 is 5.98. The van der Waals surface area contributed by atoms with Gasteiger partial charge in [-0.25, -0.2) is 0 Å². The van der Waals surface area contributed by atoms with E-state index in [1.165, 1.54) is 43.3 Å². The minimum atomic E-state index is -4.48. The van der Waals surface area contributed by atoms with Gasteiger partial charge >= 0.3 is 6.18 Å². The Labute approximate surface area is 119 Å². The largest absolute Gasteiger partial charge is 0.417 e. The third kappa shape index (κ3) is 2.85. The average Bonchev–Trinajstić information content (AvgIpc) is 2.38. The van der Waals surface area contributed by atoms with E-state index < -0.39 is 11.7 Å². The summed E-state index contributed by atoms with van der Waals surface area (Å²) in [5.41, 5.74) is -0.288. The van der Waals surface area contributed by atoms with Crippen LogP contribution < -0.4 is 0 Å². The molecule has 0 aliphatic rings. The summed E-state index contributed by atoms with van der Waals surface area (Å²) < 4.78 is 39.0. The van der Waals surface area contributed by atoms with E-state index in [9.17, 15) is 18.0 Å². The van der Waals surface area contributed by atoms with Crippen LogP contribution in [0.4, 0.5) is 13.2 Å². The molecular formula is C15H10ClF3O. The molecular weight excluding hydrogens is 289 g/mol. The number of halogens is 4. The molecule has 0 aromatic heterocycles. The maximum atomic E-state index is 13.0. The van der Waals surface area contributed by atoms with Crippen molar-refractivity contribution in [2.75, 3.05) is 0 Å². The molecule has 0 aliphatic heterocycles. The first-order chi connectivity index (χ1) is 9.30. The van der Waals surface area contributed by atoms with Gasteiger partial charge in [0.1, 0.15) is 0 Å². The smallest absolute Gasteiger partial charge is 0.295 e. The summed E-state index contributed by atoms with van der Waals surface area (Å²) in [7, 11) is 0. The zero-order chi connectivity index (χ0) is 14.9. The zero-order valence-electron chi connectivity index (χ0n) is 10.5. The summed E-state index contributed by atoms with van der Waals surface area (Å²) in [5.74, 6) is -0.229. The highest BCUT2D eigenvalue weighted by molar-refractivity contribution is 6.33. The molecule has 104 valence electrons. The maximum Gasteiger partial charge on any atom is 0.417 e. The number of alkyl halides is 3. The fraction of sp³-hybridized carbons (Fsp3) is 0.133. The average molecular weight is 299 g/mol. The summed E-state index contributed by atoms with van der Waals surface area (Å²) in [4.78, 5) is 11.4. The fourth-order valence-corrected chi connectivity index (χ4v) is 2.14. The van der Waals surface area contributed by atoms with E-state index in [1.807, 2.05) is 0 Å². The molecule has 2 aromatic rings. The molecule has 2 rings (SSSR count). The number of benzene rings is 2. The van der Waals surface area contributed by atoms with Gasteiger partial charge in [0.15, 0.2) is 5.78 Å². The lowest BCUT2D eigenvalue weighted by atomic mass is 9.97. The van der Waals surface area contributed by atoms with Crippen LogP contribution in [0.3, 0.4) is 0 Å². The molecule has 0 unspecified atom stereocenters. The van der Waals surface area contributed by atoms with Gasteiger partial charge in [-0.15, -0.1) is 0 Å². The molecule has 0 spiro atoms. The van der Waals surface area contributed by atoms with Gasteiger partial charge in [0, 0.05) is 16.1 Å². The fourth-order valence-electron chi connectivity index (χ4n) is 1.92. The van der Waals surface area contributed by atoms with Crippen LogP contribution in [0.15, 0.2) is 42.5 Å². The van der Waals surface area contributed by atoms with Crippen molar-refractivity contribution in [1.82, 2.24) is 0 Å². The Morgan fingerprint density at radius 3 is 2.30 bits per heavy atom. The number of carbonyl (C=O) groups is 1. The van der Waals surface area contributed by atoms with Crippen molar-refractivity contribution < 1.29 is 18.0 Å². The Balaban J connectivity index is 2.69. The molecule has 2 aromatic carbocycles. The standard InChI is InChI=1S/C15H10ClF3O/c1-9(20)10-6-7-14(16)12(8-10)11-4-2-3-5-13(11)15(17,18)19/h2-8H,1H3. The Morgan fingerprint density at radius 1 is 1.05 bits per heavy atom. The minimum Gasteiger partial charge on any atom is -0.295 e. The third-order valence-electron chi connectivity index (χ3n) is 2.90. The lowest BCUT2D eigenvalue weighted by molar-refractivity contribution is -0.137. The van der Waals surface area contributed by atoms with E-state index >= 15 is 0 Å². The van der Waals surface area contributed by atoms with E-state index in [4.69, 9.17) is 11.6 Å². The minimum absolute atomic E-state index is 0.0342. The van der Waals surface area contributed by atoms with E-state index in [2.05, 4.69) is 0 Å². The second-order valence-electron chi connectivity index (χ2n) is 4.29. The molecule has 0 bridgehead atoms. The van der Waals surface area contributed by atoms with E-state index in [0.717, 1.165) is 6.07 Å². The maximum absolute atomic E-state index is 13.0. The van der Waals surface area contributed by atoms with Crippen LogP contribution in [-0.4, -0.2) is 5.78 Å². The summed E-state index contributed by atoms with van der Waals surface area (Å²) in [6.45, 7) is 1.35.